The Labute approximate surface area is 172 Å². The summed E-state index contributed by atoms with van der Waals surface area (Å²) in [6.45, 7) is 0.471. The zero-order valence-electron chi connectivity index (χ0n) is 14.2. The Hall–Kier alpha value is -1.42. The minimum absolute atomic E-state index is 0.0571. The number of halogens is 2. The van der Waals surface area contributed by atoms with E-state index in [-0.39, 0.29) is 12.1 Å². The third-order valence-electron chi connectivity index (χ3n) is 2.96. The van der Waals surface area contributed by atoms with Gasteiger partial charge in [-0.3, -0.25) is 0 Å². The second-order valence-corrected chi connectivity index (χ2v) is 12.3. The van der Waals surface area contributed by atoms with E-state index in [2.05, 4.69) is 25.6 Å². The summed E-state index contributed by atoms with van der Waals surface area (Å²) in [5.74, 6) is 0.589. The van der Waals surface area contributed by atoms with E-state index in [9.17, 15) is 4.79 Å². The molecule has 0 saturated carbocycles. The van der Waals surface area contributed by atoms with Crippen molar-refractivity contribution >= 4 is 43.5 Å². The number of nitrogen functional groups attached to an aromatic ring is 1. The number of nitrogens with one attached hydrogen (secondary N) is 2. The van der Waals surface area contributed by atoms with Gasteiger partial charge in [-0.15, -0.1) is 0 Å². The smallest absolute Gasteiger partial charge is 0.231 e. The molecule has 0 aliphatic rings. The number of primary amides is 1. The minimum atomic E-state index is -1.16. The second-order valence-electron chi connectivity index (χ2n) is 4.88. The molecule has 2 rings (SSSR count). The molecule has 1 heterocycles. The first-order chi connectivity index (χ1) is 12.4. The Morgan fingerprint density at radius 2 is 2.04 bits per heavy atom. The topological polar surface area (TPSA) is 141 Å². The van der Waals surface area contributed by atoms with Crippen molar-refractivity contribution in [3.63, 3.8) is 0 Å². The van der Waals surface area contributed by atoms with Crippen LogP contribution in [0.5, 0.6) is 0 Å². The molecule has 0 aliphatic carbocycles. The van der Waals surface area contributed by atoms with Crippen molar-refractivity contribution in [3.05, 3.63) is 35.6 Å². The summed E-state index contributed by atoms with van der Waals surface area (Å²) in [6.07, 6.45) is 1.40. The monoisotopic (exact) mass is 589 g/mol. The fraction of sp³-hybridized carbons (Fsp3) is 0.286. The van der Waals surface area contributed by atoms with Crippen LogP contribution < -0.4 is 22.1 Å². The standard InChI is InChI=1S/C9H8ClN5.C5H11N2O2.ClH.Hg/c10-6-1-3-7(4-2-6)14-9-13-5-12-8(11)15-9;1-4(9-2)3-7-5(6)8;;/h1-5H,(H3,11,12,13,14,15);4H,1,3H2,2H3,(H3,6,7,8);1H;/q;;;+1/p-1. The number of nitrogens with zero attached hydrogens (tertiary/aromatic N) is 3. The first-order valence-corrected chi connectivity index (χ1v) is 18.6. The van der Waals surface area contributed by atoms with Crippen molar-refractivity contribution in [2.75, 3.05) is 24.7 Å². The molecule has 2 amide bonds. The molecule has 138 valence electrons. The van der Waals surface area contributed by atoms with E-state index in [0.29, 0.717) is 17.5 Å². The van der Waals surface area contributed by atoms with E-state index < -0.39 is 29.4 Å². The molecule has 1 unspecified atom stereocenters. The van der Waals surface area contributed by atoms with Gasteiger partial charge in [-0.25, -0.2) is 9.97 Å². The summed E-state index contributed by atoms with van der Waals surface area (Å²) >= 11 is 4.59. The molecule has 2 aromatic rings. The Morgan fingerprint density at radius 3 is 2.58 bits per heavy atom. The number of benzene rings is 1. The summed E-state index contributed by atoms with van der Waals surface area (Å²) in [6, 6.07) is 6.67. The van der Waals surface area contributed by atoms with Crippen LogP contribution in [0.25, 0.3) is 0 Å². The van der Waals surface area contributed by atoms with E-state index in [0.717, 1.165) is 9.62 Å². The van der Waals surface area contributed by atoms with Gasteiger partial charge in [0.15, 0.2) is 0 Å². The summed E-state index contributed by atoms with van der Waals surface area (Å²) in [5, 5.41) is 6.12. The number of carbonyl (C=O) groups excluding carboxylic acids is 1. The predicted octanol–water partition coefficient (Wildman–Crippen LogP) is 2.18. The molecule has 0 spiro atoms. The summed E-state index contributed by atoms with van der Waals surface area (Å²) in [4.78, 5) is 21.8. The predicted molar refractivity (Wildman–Crippen MR) is 98.0 cm³/mol. The number of ether oxygens (including phenoxy) is 1. The van der Waals surface area contributed by atoms with Crippen molar-refractivity contribution in [1.82, 2.24) is 20.3 Å². The van der Waals surface area contributed by atoms with Crippen LogP contribution in [-0.4, -0.2) is 40.7 Å². The zero-order chi connectivity index (χ0) is 19.4. The SMILES string of the molecule is COC(CNC(N)=O)[CH2][Hg][Cl].Nc1ncnc(Nc2ccc(Cl)cc2)n1. The maximum atomic E-state index is 10.3. The van der Waals surface area contributed by atoms with Crippen LogP contribution in [0.2, 0.25) is 8.95 Å². The number of amides is 2. The molecule has 0 bridgehead atoms. The molecule has 1 aromatic heterocycles. The molecule has 12 heteroatoms. The van der Waals surface area contributed by atoms with Crippen molar-refractivity contribution in [1.29, 1.82) is 0 Å². The van der Waals surface area contributed by atoms with Gasteiger partial charge in [-0.1, -0.05) is 11.6 Å². The van der Waals surface area contributed by atoms with Gasteiger partial charge in [0.1, 0.15) is 6.33 Å². The summed E-state index contributed by atoms with van der Waals surface area (Å²) in [5.41, 5.74) is 11.1. The normalized spacial score (nSPS) is 10.7. The van der Waals surface area contributed by atoms with Gasteiger partial charge in [-0.2, -0.15) is 4.98 Å². The molecule has 0 aliphatic heterocycles. The summed E-state index contributed by atoms with van der Waals surface area (Å²) < 4.78 is 5.97. The van der Waals surface area contributed by atoms with Crippen molar-refractivity contribution in [3.8, 4) is 0 Å². The molecule has 0 saturated heterocycles. The van der Waals surface area contributed by atoms with Crippen molar-refractivity contribution in [2.24, 2.45) is 5.73 Å². The van der Waals surface area contributed by atoms with E-state index in [1.54, 1.807) is 19.2 Å². The molecule has 1 atom stereocenters. The molecular formula is C14H19Cl2HgN7O2. The van der Waals surface area contributed by atoms with E-state index in [4.69, 9.17) is 36.1 Å². The number of hydrogen-bond acceptors (Lipinski definition) is 7. The number of methoxy groups -OCH3 is 1. The number of nitrogens with two attached hydrogens (primary N) is 2. The number of aromatic nitrogens is 3. The van der Waals surface area contributed by atoms with E-state index in [1.807, 2.05) is 12.1 Å². The Morgan fingerprint density at radius 1 is 1.35 bits per heavy atom. The zero-order valence-corrected chi connectivity index (χ0v) is 21.2. The first kappa shape index (κ1) is 22.6. The third kappa shape index (κ3) is 9.90. The maximum Gasteiger partial charge on any atom is 0.231 e. The van der Waals surface area contributed by atoms with Crippen LogP contribution >= 0.6 is 19.9 Å². The summed E-state index contributed by atoms with van der Waals surface area (Å²) in [7, 11) is 7.29. The van der Waals surface area contributed by atoms with Gasteiger partial charge in [0.2, 0.25) is 11.9 Å². The van der Waals surface area contributed by atoms with Crippen LogP contribution in [0.1, 0.15) is 0 Å². The van der Waals surface area contributed by atoms with Crippen LogP contribution in [0.4, 0.5) is 22.4 Å². The molecule has 9 nitrogen and oxygen atoms in total. The van der Waals surface area contributed by atoms with Crippen molar-refractivity contribution < 1.29 is 32.9 Å². The number of hydrogen-bond donors (Lipinski definition) is 4. The van der Waals surface area contributed by atoms with Crippen LogP contribution in [0, 0.1) is 0 Å². The van der Waals surface area contributed by atoms with Crippen molar-refractivity contribution in [2.45, 2.75) is 10.0 Å². The quantitative estimate of drug-likeness (QED) is 0.363. The van der Waals surface area contributed by atoms with Gasteiger partial charge in [0.25, 0.3) is 0 Å². The molecule has 0 radical (unpaired) electrons. The second kappa shape index (κ2) is 12.9. The molecule has 0 fully saturated rings. The van der Waals surface area contributed by atoms with Gasteiger partial charge >= 0.3 is 81.9 Å². The minimum Gasteiger partial charge on any atom is -0.368 e. The van der Waals surface area contributed by atoms with Gasteiger partial charge in [0.05, 0.1) is 0 Å². The van der Waals surface area contributed by atoms with Crippen LogP contribution in [0.3, 0.4) is 0 Å². The maximum absolute atomic E-state index is 10.3. The fourth-order valence-electron chi connectivity index (χ4n) is 1.67. The fourth-order valence-corrected chi connectivity index (χ4v) is 6.59. The Bertz CT molecular complexity index is 679. The average Bonchev–Trinajstić information content (AvgIpc) is 2.61. The Kier molecular flexibility index (Phi) is 11.2. The molecule has 6 N–H and O–H groups in total. The van der Waals surface area contributed by atoms with Crippen LogP contribution in [0.15, 0.2) is 30.6 Å². The third-order valence-corrected chi connectivity index (χ3v) is 8.48. The average molecular weight is 589 g/mol. The number of carbonyl (C=O) groups is 1. The number of anilines is 3. The van der Waals surface area contributed by atoms with Gasteiger partial charge in [0, 0.05) is 10.7 Å². The largest absolute Gasteiger partial charge is 0.368 e. The number of rotatable bonds is 7. The molecular weight excluding hydrogens is 570 g/mol. The first-order valence-electron chi connectivity index (χ1n) is 7.53. The number of urea groups is 1. The Balaban J connectivity index is 0.000000276. The van der Waals surface area contributed by atoms with E-state index >= 15 is 0 Å². The van der Waals surface area contributed by atoms with Crippen LogP contribution in [-0.2, 0) is 28.1 Å². The van der Waals surface area contributed by atoms with Gasteiger partial charge < -0.3 is 11.1 Å². The molecule has 1 aromatic carbocycles. The molecule has 26 heavy (non-hydrogen) atoms. The van der Waals surface area contributed by atoms with E-state index in [1.165, 1.54) is 6.33 Å². The van der Waals surface area contributed by atoms with Gasteiger partial charge in [-0.05, 0) is 24.3 Å².